The standard InChI is InChI=1S/C44H60O4SSi/c1-6-8-9-10-11-12-13-23-32-41(49-35-25-17-14-18-26-35)43-38(31-24-33-42(46)47-7-2)39(45)34-40(43)48-50(44(3,4)5,36-27-19-15-20-28-36)37-29-21-16-22-30-37/h11-12,14-23,25-30,32,38-41,43,45H,6-10,13,24,31,33-34H2,1-5H3/b12-11-,32-23-/t38-,39+,40-,41+,43-/m0/s1. The van der Waals surface area contributed by atoms with Crippen molar-refractivity contribution in [3.8, 4) is 0 Å². The molecule has 0 heterocycles. The lowest BCUT2D eigenvalue weighted by atomic mass is 9.86. The minimum Gasteiger partial charge on any atom is -0.466 e. The first-order chi connectivity index (χ1) is 24.2. The summed E-state index contributed by atoms with van der Waals surface area (Å²) < 4.78 is 13.1. The molecule has 3 aromatic rings. The number of aliphatic hydroxyl groups is 1. The Bertz CT molecular complexity index is 1410. The Labute approximate surface area is 307 Å². The predicted octanol–water partition coefficient (Wildman–Crippen LogP) is 9.91. The van der Waals surface area contributed by atoms with Crippen LogP contribution in [0, 0.1) is 11.8 Å². The number of hydrogen-bond acceptors (Lipinski definition) is 5. The van der Waals surface area contributed by atoms with Gasteiger partial charge in [0.1, 0.15) is 0 Å². The van der Waals surface area contributed by atoms with Crippen molar-refractivity contribution < 1.29 is 19.1 Å². The number of esters is 1. The molecule has 0 aromatic heterocycles. The first kappa shape index (κ1) is 39.9. The van der Waals surface area contributed by atoms with Crippen LogP contribution in [0.4, 0.5) is 0 Å². The lowest BCUT2D eigenvalue weighted by Crippen LogP contribution is -2.68. The Morgan fingerprint density at radius 3 is 2.08 bits per heavy atom. The number of unbranched alkanes of at least 4 members (excludes halogenated alkanes) is 3. The van der Waals surface area contributed by atoms with E-state index in [1.165, 1.54) is 34.5 Å². The zero-order valence-corrected chi connectivity index (χ0v) is 32.8. The van der Waals surface area contributed by atoms with E-state index in [1.807, 2.05) is 18.7 Å². The smallest absolute Gasteiger partial charge is 0.305 e. The highest BCUT2D eigenvalue weighted by atomic mass is 32.2. The predicted molar refractivity (Wildman–Crippen MR) is 214 cm³/mol. The second-order valence-corrected chi connectivity index (χ2v) is 20.1. The van der Waals surface area contributed by atoms with Crippen LogP contribution >= 0.6 is 11.8 Å². The Kier molecular flexibility index (Phi) is 16.1. The van der Waals surface area contributed by atoms with Gasteiger partial charge in [0.25, 0.3) is 8.32 Å². The number of hydrogen-bond donors (Lipinski definition) is 1. The molecule has 0 bridgehead atoms. The molecule has 0 aliphatic heterocycles. The minimum absolute atomic E-state index is 0.0249. The van der Waals surface area contributed by atoms with E-state index in [4.69, 9.17) is 9.16 Å². The van der Waals surface area contributed by atoms with Crippen molar-refractivity contribution in [2.24, 2.45) is 11.8 Å². The molecule has 1 fully saturated rings. The fourth-order valence-corrected chi connectivity index (χ4v) is 13.7. The highest BCUT2D eigenvalue weighted by Gasteiger charge is 2.55. The van der Waals surface area contributed by atoms with E-state index in [1.54, 1.807) is 0 Å². The maximum Gasteiger partial charge on any atom is 0.305 e. The summed E-state index contributed by atoms with van der Waals surface area (Å²) in [6, 6.07) is 32.2. The number of allylic oxidation sites excluding steroid dienone is 3. The van der Waals surface area contributed by atoms with E-state index in [0.29, 0.717) is 25.9 Å². The molecule has 6 heteroatoms. The molecule has 1 N–H and O–H groups in total. The van der Waals surface area contributed by atoms with Gasteiger partial charge in [-0.3, -0.25) is 4.79 Å². The molecule has 0 spiro atoms. The first-order valence-electron chi connectivity index (χ1n) is 18.9. The first-order valence-corrected chi connectivity index (χ1v) is 21.7. The van der Waals surface area contributed by atoms with Crippen LogP contribution in [0.3, 0.4) is 0 Å². The van der Waals surface area contributed by atoms with E-state index in [0.717, 1.165) is 19.3 Å². The molecule has 270 valence electrons. The normalized spacial score (nSPS) is 20.4. The minimum atomic E-state index is -2.90. The van der Waals surface area contributed by atoms with Crippen LogP contribution in [0.1, 0.15) is 92.4 Å². The fourth-order valence-electron chi connectivity index (χ4n) is 7.62. The number of carbonyl (C=O) groups excluding carboxylic acids is 1. The molecule has 3 aromatic carbocycles. The summed E-state index contributed by atoms with van der Waals surface area (Å²) in [7, 11) is -2.90. The van der Waals surface area contributed by atoms with Crippen molar-refractivity contribution in [3.63, 3.8) is 0 Å². The summed E-state index contributed by atoms with van der Waals surface area (Å²) in [5, 5.41) is 14.3. The van der Waals surface area contributed by atoms with Gasteiger partial charge in [-0.15, -0.1) is 11.8 Å². The van der Waals surface area contributed by atoms with E-state index in [2.05, 4.69) is 143 Å². The quantitative estimate of drug-likeness (QED) is 0.0441. The van der Waals surface area contributed by atoms with Crippen LogP contribution in [0.2, 0.25) is 5.04 Å². The summed E-state index contributed by atoms with van der Waals surface area (Å²) in [5.74, 6) is -0.163. The van der Waals surface area contributed by atoms with Crippen molar-refractivity contribution in [1.29, 1.82) is 0 Å². The Balaban J connectivity index is 1.77. The maximum absolute atomic E-state index is 12.4. The maximum atomic E-state index is 12.4. The molecular formula is C44H60O4SSi. The summed E-state index contributed by atoms with van der Waals surface area (Å²) >= 11 is 1.87. The van der Waals surface area contributed by atoms with Gasteiger partial charge in [0.2, 0.25) is 0 Å². The molecule has 4 nitrogen and oxygen atoms in total. The van der Waals surface area contributed by atoms with Crippen LogP contribution in [0.5, 0.6) is 0 Å². The average Bonchev–Trinajstić information content (AvgIpc) is 3.42. The third-order valence-electron chi connectivity index (χ3n) is 9.99. The van der Waals surface area contributed by atoms with Crippen LogP contribution in [-0.2, 0) is 14.0 Å². The molecule has 1 aliphatic rings. The van der Waals surface area contributed by atoms with E-state index in [-0.39, 0.29) is 34.2 Å². The second-order valence-electron chi connectivity index (χ2n) is 14.6. The Morgan fingerprint density at radius 2 is 1.50 bits per heavy atom. The molecule has 1 saturated carbocycles. The average molecular weight is 713 g/mol. The molecule has 1 aliphatic carbocycles. The van der Waals surface area contributed by atoms with Crippen LogP contribution < -0.4 is 10.4 Å². The van der Waals surface area contributed by atoms with Gasteiger partial charge in [0, 0.05) is 22.5 Å². The molecule has 0 radical (unpaired) electrons. The molecule has 0 saturated heterocycles. The third-order valence-corrected chi connectivity index (χ3v) is 16.3. The number of thioether (sulfide) groups is 1. The summed E-state index contributed by atoms with van der Waals surface area (Å²) in [6.45, 7) is 11.4. The van der Waals surface area contributed by atoms with Crippen molar-refractivity contribution in [2.75, 3.05) is 6.61 Å². The van der Waals surface area contributed by atoms with Crippen LogP contribution in [0.25, 0.3) is 0 Å². The van der Waals surface area contributed by atoms with E-state index in [9.17, 15) is 9.90 Å². The molecule has 0 unspecified atom stereocenters. The van der Waals surface area contributed by atoms with Crippen molar-refractivity contribution in [3.05, 3.63) is 115 Å². The fraction of sp³-hybridized carbons (Fsp3) is 0.477. The number of benzene rings is 3. The molecular weight excluding hydrogens is 653 g/mol. The summed E-state index contributed by atoms with van der Waals surface area (Å²) in [5.41, 5.74) is 0. The largest absolute Gasteiger partial charge is 0.466 e. The van der Waals surface area contributed by atoms with Gasteiger partial charge in [-0.05, 0) is 78.9 Å². The Hall–Kier alpha value is -2.90. The number of aliphatic hydroxyl groups excluding tert-OH is 1. The lowest BCUT2D eigenvalue weighted by Gasteiger charge is -2.46. The zero-order valence-electron chi connectivity index (χ0n) is 31.0. The number of rotatable bonds is 19. The third kappa shape index (κ3) is 10.8. The monoisotopic (exact) mass is 712 g/mol. The highest BCUT2D eigenvalue weighted by molar-refractivity contribution is 8.00. The highest BCUT2D eigenvalue weighted by Crippen LogP contribution is 2.48. The zero-order chi connectivity index (χ0) is 35.8. The van der Waals surface area contributed by atoms with Gasteiger partial charge in [-0.25, -0.2) is 0 Å². The van der Waals surface area contributed by atoms with Crippen molar-refractivity contribution >= 4 is 36.4 Å². The summed E-state index contributed by atoms with van der Waals surface area (Å²) in [4.78, 5) is 13.6. The van der Waals surface area contributed by atoms with Crippen LogP contribution in [0.15, 0.2) is 120 Å². The van der Waals surface area contributed by atoms with E-state index >= 15 is 0 Å². The van der Waals surface area contributed by atoms with Gasteiger partial charge in [-0.2, -0.15) is 0 Å². The van der Waals surface area contributed by atoms with Gasteiger partial charge >= 0.3 is 5.97 Å². The van der Waals surface area contributed by atoms with Gasteiger partial charge in [0.15, 0.2) is 0 Å². The van der Waals surface area contributed by atoms with Gasteiger partial charge in [0.05, 0.1) is 18.8 Å². The van der Waals surface area contributed by atoms with Crippen molar-refractivity contribution in [1.82, 2.24) is 0 Å². The molecule has 0 amide bonds. The topological polar surface area (TPSA) is 55.8 Å². The van der Waals surface area contributed by atoms with Crippen LogP contribution in [-0.4, -0.2) is 43.5 Å². The molecule has 50 heavy (non-hydrogen) atoms. The molecule has 5 atom stereocenters. The van der Waals surface area contributed by atoms with Gasteiger partial charge < -0.3 is 14.3 Å². The number of ether oxygens (including phenoxy) is 1. The number of carbonyl (C=O) groups is 1. The second kappa shape index (κ2) is 20.2. The van der Waals surface area contributed by atoms with E-state index < -0.39 is 14.4 Å². The lowest BCUT2D eigenvalue weighted by molar-refractivity contribution is -0.143. The summed E-state index contributed by atoms with van der Waals surface area (Å²) in [6.07, 6.45) is 16.6. The Morgan fingerprint density at radius 1 is 0.880 bits per heavy atom. The van der Waals surface area contributed by atoms with Gasteiger partial charge in [-0.1, -0.05) is 144 Å². The molecule has 4 rings (SSSR count). The SMILES string of the molecule is CCCCC/C=C\C/C=C\[C@@H](Sc1ccccc1)[C@H]1[C@@H](CCCC(=O)OCC)[C@H](O)C[C@@H]1O[Si](c1ccccc1)(c1ccccc1)C(C)(C)C. The van der Waals surface area contributed by atoms with Crippen molar-refractivity contribution in [2.45, 2.75) is 120 Å².